The first kappa shape index (κ1) is 18.7. The molecule has 4 rings (SSSR count). The molecule has 0 radical (unpaired) electrons. The van der Waals surface area contributed by atoms with Gasteiger partial charge in [0.05, 0.1) is 11.0 Å². The number of anilines is 2. The van der Waals surface area contributed by atoms with E-state index < -0.39 is 4.92 Å². The van der Waals surface area contributed by atoms with Crippen molar-refractivity contribution >= 4 is 23.0 Å². The van der Waals surface area contributed by atoms with Crippen LogP contribution in [0.1, 0.15) is 35.3 Å². The summed E-state index contributed by atoms with van der Waals surface area (Å²) in [5.74, 6) is -0.256. The molecule has 146 valence electrons. The minimum Gasteiger partial charge on any atom is -0.382 e. The molecule has 6 heteroatoms. The first-order valence-corrected chi connectivity index (χ1v) is 9.53. The number of rotatable bonds is 4. The zero-order chi connectivity index (χ0) is 20.4. The molecule has 3 aromatic carbocycles. The number of amides is 1. The Hall–Kier alpha value is -3.67. The van der Waals surface area contributed by atoms with Crippen molar-refractivity contribution < 1.29 is 9.72 Å². The lowest BCUT2D eigenvalue weighted by molar-refractivity contribution is -0.384. The smallest absolute Gasteiger partial charge is 0.270 e. The molecule has 1 aliphatic rings. The van der Waals surface area contributed by atoms with E-state index in [1.54, 1.807) is 17.0 Å². The molecule has 3 aromatic rings. The van der Waals surface area contributed by atoms with Crippen molar-refractivity contribution in [2.24, 2.45) is 0 Å². The van der Waals surface area contributed by atoms with E-state index in [0.29, 0.717) is 5.56 Å². The highest BCUT2D eigenvalue weighted by molar-refractivity contribution is 6.07. The Balaban J connectivity index is 1.83. The number of nitro groups is 1. The second-order valence-electron chi connectivity index (χ2n) is 7.20. The maximum Gasteiger partial charge on any atom is 0.270 e. The Labute approximate surface area is 168 Å². The highest BCUT2D eigenvalue weighted by Crippen LogP contribution is 2.39. The second kappa shape index (κ2) is 7.75. The van der Waals surface area contributed by atoms with Gasteiger partial charge in [-0.3, -0.25) is 14.9 Å². The molecule has 0 spiro atoms. The fourth-order valence-electron chi connectivity index (χ4n) is 3.87. The largest absolute Gasteiger partial charge is 0.382 e. The fraction of sp³-hybridized carbons (Fsp3) is 0.174. The van der Waals surface area contributed by atoms with Crippen LogP contribution in [0.5, 0.6) is 0 Å². The van der Waals surface area contributed by atoms with Crippen LogP contribution in [0, 0.1) is 10.1 Å². The lowest BCUT2D eigenvalue weighted by Crippen LogP contribution is -2.40. The number of nitrogens with one attached hydrogen (secondary N) is 1. The zero-order valence-electron chi connectivity index (χ0n) is 16.0. The Morgan fingerprint density at radius 2 is 1.76 bits per heavy atom. The van der Waals surface area contributed by atoms with Crippen LogP contribution < -0.4 is 10.2 Å². The SMILES string of the molecule is C[C@@H]1C[C@@H](N(C(=O)c2cccc([N+](=O)[O-])c2)c2ccccc2)c2ccccc2N1. The molecule has 6 nitrogen and oxygen atoms in total. The summed E-state index contributed by atoms with van der Waals surface area (Å²) in [5, 5.41) is 14.7. The number of benzene rings is 3. The average Bonchev–Trinajstić information content (AvgIpc) is 2.74. The maximum absolute atomic E-state index is 13.6. The first-order valence-electron chi connectivity index (χ1n) is 9.53. The number of carbonyl (C=O) groups excluding carboxylic acids is 1. The molecule has 0 fully saturated rings. The van der Waals surface area contributed by atoms with Crippen molar-refractivity contribution in [2.45, 2.75) is 25.4 Å². The lowest BCUT2D eigenvalue weighted by atomic mass is 9.91. The van der Waals surface area contributed by atoms with Crippen molar-refractivity contribution in [1.29, 1.82) is 0 Å². The monoisotopic (exact) mass is 387 g/mol. The fourth-order valence-corrected chi connectivity index (χ4v) is 3.87. The average molecular weight is 387 g/mol. The third-order valence-corrected chi connectivity index (χ3v) is 5.17. The third-order valence-electron chi connectivity index (χ3n) is 5.17. The van der Waals surface area contributed by atoms with Crippen LogP contribution in [0.3, 0.4) is 0 Å². The molecule has 2 atom stereocenters. The van der Waals surface area contributed by atoms with Gasteiger partial charge in [-0.1, -0.05) is 42.5 Å². The first-order chi connectivity index (χ1) is 14.0. The number of non-ortho nitro benzene ring substituents is 1. The summed E-state index contributed by atoms with van der Waals surface area (Å²) in [5.41, 5.74) is 3.00. The molecule has 0 aromatic heterocycles. The number of carbonyl (C=O) groups is 1. The van der Waals surface area contributed by atoms with E-state index in [0.717, 1.165) is 23.4 Å². The van der Waals surface area contributed by atoms with Crippen LogP contribution in [-0.4, -0.2) is 16.9 Å². The van der Waals surface area contributed by atoms with Crippen molar-refractivity contribution in [1.82, 2.24) is 0 Å². The topological polar surface area (TPSA) is 75.5 Å². The van der Waals surface area contributed by atoms with Crippen molar-refractivity contribution in [2.75, 3.05) is 10.2 Å². The predicted molar refractivity (Wildman–Crippen MR) is 113 cm³/mol. The summed E-state index contributed by atoms with van der Waals surface area (Å²) in [6, 6.07) is 23.3. The van der Waals surface area contributed by atoms with Crippen molar-refractivity contribution in [3.05, 3.63) is 100 Å². The normalized spacial score (nSPS) is 17.7. The third kappa shape index (κ3) is 3.69. The quantitative estimate of drug-likeness (QED) is 0.494. The van der Waals surface area contributed by atoms with E-state index in [2.05, 4.69) is 12.2 Å². The van der Waals surface area contributed by atoms with Crippen LogP contribution in [0.15, 0.2) is 78.9 Å². The van der Waals surface area contributed by atoms with Gasteiger partial charge in [-0.2, -0.15) is 0 Å². The van der Waals surface area contributed by atoms with E-state index in [1.807, 2.05) is 54.6 Å². The van der Waals surface area contributed by atoms with E-state index in [1.165, 1.54) is 12.1 Å². The van der Waals surface area contributed by atoms with Crippen LogP contribution in [0.4, 0.5) is 17.1 Å². The molecule has 0 aliphatic carbocycles. The van der Waals surface area contributed by atoms with Crippen LogP contribution >= 0.6 is 0 Å². The van der Waals surface area contributed by atoms with Gasteiger partial charge in [0, 0.05) is 35.1 Å². The highest BCUT2D eigenvalue weighted by atomic mass is 16.6. The summed E-state index contributed by atoms with van der Waals surface area (Å²) in [7, 11) is 0. The molecule has 29 heavy (non-hydrogen) atoms. The molecular formula is C23H21N3O3. The molecule has 1 aliphatic heterocycles. The van der Waals surface area contributed by atoms with E-state index in [4.69, 9.17) is 0 Å². The van der Waals surface area contributed by atoms with E-state index in [-0.39, 0.29) is 23.7 Å². The summed E-state index contributed by atoms with van der Waals surface area (Å²) in [4.78, 5) is 26.1. The predicted octanol–water partition coefficient (Wildman–Crippen LogP) is 5.19. The maximum atomic E-state index is 13.6. The van der Waals surface area contributed by atoms with Crippen LogP contribution in [-0.2, 0) is 0 Å². The van der Waals surface area contributed by atoms with E-state index >= 15 is 0 Å². The van der Waals surface area contributed by atoms with Gasteiger partial charge in [0.25, 0.3) is 11.6 Å². The number of para-hydroxylation sites is 2. The number of hydrogen-bond acceptors (Lipinski definition) is 4. The number of fused-ring (bicyclic) bond motifs is 1. The number of nitrogens with zero attached hydrogens (tertiary/aromatic N) is 2. The Kier molecular flexibility index (Phi) is 4.99. The summed E-state index contributed by atoms with van der Waals surface area (Å²) < 4.78 is 0. The molecule has 0 saturated carbocycles. The molecule has 1 N–H and O–H groups in total. The van der Waals surface area contributed by atoms with Gasteiger partial charge >= 0.3 is 0 Å². The summed E-state index contributed by atoms with van der Waals surface area (Å²) in [6.45, 7) is 2.09. The molecule has 1 heterocycles. The molecule has 0 saturated heterocycles. The molecule has 0 unspecified atom stereocenters. The summed E-state index contributed by atoms with van der Waals surface area (Å²) in [6.07, 6.45) is 0.729. The Morgan fingerprint density at radius 3 is 2.52 bits per heavy atom. The lowest BCUT2D eigenvalue weighted by Gasteiger charge is -2.39. The van der Waals surface area contributed by atoms with E-state index in [9.17, 15) is 14.9 Å². The van der Waals surface area contributed by atoms with Gasteiger partial charge in [-0.15, -0.1) is 0 Å². The number of nitro benzene ring substituents is 1. The van der Waals surface area contributed by atoms with Gasteiger partial charge in [0.1, 0.15) is 0 Å². The van der Waals surface area contributed by atoms with Gasteiger partial charge in [-0.25, -0.2) is 0 Å². The van der Waals surface area contributed by atoms with Crippen LogP contribution in [0.2, 0.25) is 0 Å². The van der Waals surface area contributed by atoms with Crippen LogP contribution in [0.25, 0.3) is 0 Å². The van der Waals surface area contributed by atoms with Crippen molar-refractivity contribution in [3.63, 3.8) is 0 Å². The summed E-state index contributed by atoms with van der Waals surface area (Å²) >= 11 is 0. The second-order valence-corrected chi connectivity index (χ2v) is 7.20. The molecule has 0 bridgehead atoms. The Bertz CT molecular complexity index is 1050. The minimum absolute atomic E-state index is 0.0945. The Morgan fingerprint density at radius 1 is 1.03 bits per heavy atom. The van der Waals surface area contributed by atoms with Gasteiger partial charge in [-0.05, 0) is 43.2 Å². The molecule has 1 amide bonds. The highest BCUT2D eigenvalue weighted by Gasteiger charge is 2.33. The standard InChI is InChI=1S/C23H21N3O3/c1-16-14-22(20-12-5-6-13-21(20)24-16)25(18-9-3-2-4-10-18)23(27)17-8-7-11-19(15-17)26(28)29/h2-13,15-16,22,24H,14H2,1H3/t16-,22-/m1/s1. The number of hydrogen-bond donors (Lipinski definition) is 1. The minimum atomic E-state index is -0.481. The molecular weight excluding hydrogens is 366 g/mol. The van der Waals surface area contributed by atoms with Gasteiger partial charge < -0.3 is 10.2 Å². The van der Waals surface area contributed by atoms with Crippen molar-refractivity contribution in [3.8, 4) is 0 Å². The van der Waals surface area contributed by atoms with Gasteiger partial charge in [0.15, 0.2) is 0 Å². The van der Waals surface area contributed by atoms with Gasteiger partial charge in [0.2, 0.25) is 0 Å². The zero-order valence-corrected chi connectivity index (χ0v) is 16.0.